The van der Waals surface area contributed by atoms with Crippen LogP contribution in [0.2, 0.25) is 0 Å². The molecule has 0 fully saturated rings. The van der Waals surface area contributed by atoms with E-state index in [1.807, 2.05) is 11.3 Å². The maximum atomic E-state index is 2.45. The standard InChI is InChI=1S/C42H26N2S/c1-6-19-36(44-38-21-8-2-15-30(38)31-16-3-9-22-39(31)44)29(14-1)27-12-11-13-28(24-27)43-37-20-7-4-17-32(37)34-26-42-35(25-40(34)43)33-18-5-10-23-41(33)45-42/h1-26H. The number of para-hydroxylation sites is 4. The van der Waals surface area contributed by atoms with E-state index in [1.165, 1.54) is 80.6 Å². The number of fused-ring (bicyclic) bond motifs is 9. The van der Waals surface area contributed by atoms with Gasteiger partial charge in [-0.05, 0) is 60.2 Å². The van der Waals surface area contributed by atoms with Crippen LogP contribution in [0.1, 0.15) is 0 Å². The van der Waals surface area contributed by atoms with Gasteiger partial charge in [0.15, 0.2) is 0 Å². The highest BCUT2D eigenvalue weighted by Crippen LogP contribution is 2.41. The van der Waals surface area contributed by atoms with E-state index in [0.29, 0.717) is 0 Å². The van der Waals surface area contributed by atoms with Gasteiger partial charge in [-0.15, -0.1) is 11.3 Å². The number of thiophene rings is 1. The van der Waals surface area contributed by atoms with Gasteiger partial charge in [0.25, 0.3) is 0 Å². The predicted molar refractivity (Wildman–Crippen MR) is 193 cm³/mol. The zero-order valence-electron chi connectivity index (χ0n) is 24.3. The average Bonchev–Trinajstić information content (AvgIpc) is 3.74. The Morgan fingerprint density at radius 1 is 0.356 bits per heavy atom. The highest BCUT2D eigenvalue weighted by molar-refractivity contribution is 7.25. The van der Waals surface area contributed by atoms with Gasteiger partial charge in [-0.25, -0.2) is 0 Å². The maximum absolute atomic E-state index is 2.45. The number of rotatable bonds is 3. The summed E-state index contributed by atoms with van der Waals surface area (Å²) in [6, 6.07) is 57.7. The van der Waals surface area contributed by atoms with Crippen LogP contribution in [-0.2, 0) is 0 Å². The Hall–Kier alpha value is -5.64. The van der Waals surface area contributed by atoms with Gasteiger partial charge in [-0.2, -0.15) is 0 Å². The van der Waals surface area contributed by atoms with Crippen molar-refractivity contribution < 1.29 is 0 Å². The Bertz CT molecular complexity index is 2720. The molecule has 10 aromatic rings. The molecule has 0 aliphatic carbocycles. The van der Waals surface area contributed by atoms with Gasteiger partial charge in [0, 0.05) is 53.0 Å². The first-order valence-electron chi connectivity index (χ1n) is 15.4. The van der Waals surface area contributed by atoms with Crippen molar-refractivity contribution >= 4 is 75.1 Å². The second-order valence-electron chi connectivity index (χ2n) is 11.8. The summed E-state index contributed by atoms with van der Waals surface area (Å²) < 4.78 is 7.54. The third-order valence-electron chi connectivity index (χ3n) is 9.31. The summed E-state index contributed by atoms with van der Waals surface area (Å²) in [7, 11) is 0. The second-order valence-corrected chi connectivity index (χ2v) is 12.8. The van der Waals surface area contributed by atoms with E-state index in [4.69, 9.17) is 0 Å². The number of benzene rings is 7. The molecule has 7 aromatic carbocycles. The number of nitrogens with zero attached hydrogens (tertiary/aromatic N) is 2. The highest BCUT2D eigenvalue weighted by Gasteiger charge is 2.18. The zero-order chi connectivity index (χ0) is 29.5. The third-order valence-corrected chi connectivity index (χ3v) is 10.4. The lowest BCUT2D eigenvalue weighted by molar-refractivity contribution is 1.17. The van der Waals surface area contributed by atoms with Crippen molar-refractivity contribution in [1.29, 1.82) is 0 Å². The fraction of sp³-hybridized carbons (Fsp3) is 0. The molecule has 210 valence electrons. The minimum absolute atomic E-state index is 1.16. The summed E-state index contributed by atoms with van der Waals surface area (Å²) in [5, 5.41) is 7.76. The fourth-order valence-corrected chi connectivity index (χ4v) is 8.50. The van der Waals surface area contributed by atoms with Gasteiger partial charge < -0.3 is 9.13 Å². The summed E-state index contributed by atoms with van der Waals surface area (Å²) in [4.78, 5) is 0. The molecule has 0 saturated carbocycles. The second kappa shape index (κ2) is 9.43. The van der Waals surface area contributed by atoms with Crippen LogP contribution in [0.3, 0.4) is 0 Å². The molecule has 0 bridgehead atoms. The van der Waals surface area contributed by atoms with Crippen LogP contribution in [0.4, 0.5) is 0 Å². The number of aromatic nitrogens is 2. The van der Waals surface area contributed by atoms with E-state index in [9.17, 15) is 0 Å². The Morgan fingerprint density at radius 3 is 1.71 bits per heavy atom. The maximum Gasteiger partial charge on any atom is 0.0548 e. The molecule has 0 atom stereocenters. The van der Waals surface area contributed by atoms with Gasteiger partial charge >= 0.3 is 0 Å². The molecule has 10 rings (SSSR count). The van der Waals surface area contributed by atoms with E-state index >= 15 is 0 Å². The summed E-state index contributed by atoms with van der Waals surface area (Å²) in [5.41, 5.74) is 9.64. The lowest BCUT2D eigenvalue weighted by atomic mass is 10.0. The third kappa shape index (κ3) is 3.56. The minimum Gasteiger partial charge on any atom is -0.309 e. The monoisotopic (exact) mass is 590 g/mol. The number of hydrogen-bond acceptors (Lipinski definition) is 1. The molecule has 45 heavy (non-hydrogen) atoms. The van der Waals surface area contributed by atoms with Crippen LogP contribution in [0.15, 0.2) is 158 Å². The Morgan fingerprint density at radius 2 is 0.956 bits per heavy atom. The molecule has 2 nitrogen and oxygen atoms in total. The first kappa shape index (κ1) is 24.8. The van der Waals surface area contributed by atoms with Crippen molar-refractivity contribution in [2.75, 3.05) is 0 Å². The smallest absolute Gasteiger partial charge is 0.0548 e. The predicted octanol–water partition coefficient (Wildman–Crippen LogP) is 11.9. The van der Waals surface area contributed by atoms with Gasteiger partial charge in [0.05, 0.1) is 27.8 Å². The van der Waals surface area contributed by atoms with E-state index in [1.54, 1.807) is 0 Å². The number of hydrogen-bond donors (Lipinski definition) is 0. The van der Waals surface area contributed by atoms with Crippen molar-refractivity contribution in [3.05, 3.63) is 158 Å². The molecule has 3 aromatic heterocycles. The van der Waals surface area contributed by atoms with E-state index in [0.717, 1.165) is 5.69 Å². The van der Waals surface area contributed by atoms with Crippen LogP contribution in [0, 0.1) is 0 Å². The quantitative estimate of drug-likeness (QED) is 0.194. The van der Waals surface area contributed by atoms with Crippen LogP contribution < -0.4 is 0 Å². The van der Waals surface area contributed by atoms with Crippen molar-refractivity contribution in [3.8, 4) is 22.5 Å². The van der Waals surface area contributed by atoms with Crippen molar-refractivity contribution in [2.45, 2.75) is 0 Å². The van der Waals surface area contributed by atoms with E-state index in [-0.39, 0.29) is 0 Å². The van der Waals surface area contributed by atoms with Crippen molar-refractivity contribution in [1.82, 2.24) is 9.13 Å². The highest BCUT2D eigenvalue weighted by atomic mass is 32.1. The molecule has 0 aliphatic heterocycles. The molecule has 0 spiro atoms. The Labute approximate surface area is 263 Å². The first-order valence-corrected chi connectivity index (χ1v) is 16.2. The van der Waals surface area contributed by atoms with Crippen LogP contribution in [0.25, 0.3) is 86.3 Å². The van der Waals surface area contributed by atoms with Crippen molar-refractivity contribution in [2.24, 2.45) is 0 Å². The van der Waals surface area contributed by atoms with Gasteiger partial charge in [-0.1, -0.05) is 103 Å². The molecule has 3 heteroatoms. The summed E-state index contributed by atoms with van der Waals surface area (Å²) in [6.45, 7) is 0. The molecule has 0 amide bonds. The first-order chi connectivity index (χ1) is 22.3. The molecule has 3 heterocycles. The lowest BCUT2D eigenvalue weighted by Gasteiger charge is -2.15. The largest absolute Gasteiger partial charge is 0.309 e. The molecule has 0 aliphatic rings. The van der Waals surface area contributed by atoms with Crippen LogP contribution in [0.5, 0.6) is 0 Å². The summed E-state index contributed by atoms with van der Waals surface area (Å²) >= 11 is 1.88. The molecule has 0 saturated heterocycles. The van der Waals surface area contributed by atoms with E-state index < -0.39 is 0 Å². The SMILES string of the molecule is c1cc(-c2ccccc2-n2c3ccccc3c3ccccc32)cc(-n2c3ccccc3c3cc4sc5ccccc5c4cc32)c1. The fourth-order valence-electron chi connectivity index (χ4n) is 7.37. The molecule has 0 radical (unpaired) electrons. The van der Waals surface area contributed by atoms with E-state index in [2.05, 4.69) is 167 Å². The van der Waals surface area contributed by atoms with Gasteiger partial charge in [-0.3, -0.25) is 0 Å². The minimum atomic E-state index is 1.16. The molecular weight excluding hydrogens is 565 g/mol. The topological polar surface area (TPSA) is 9.86 Å². The summed E-state index contributed by atoms with van der Waals surface area (Å²) in [5.74, 6) is 0. The van der Waals surface area contributed by atoms with Gasteiger partial charge in [0.1, 0.15) is 0 Å². The molecule has 0 N–H and O–H groups in total. The molecular formula is C42H26N2S. The Balaban J connectivity index is 1.23. The van der Waals surface area contributed by atoms with Crippen LogP contribution >= 0.6 is 11.3 Å². The Kier molecular flexibility index (Phi) is 5.19. The zero-order valence-corrected chi connectivity index (χ0v) is 25.1. The van der Waals surface area contributed by atoms with Gasteiger partial charge in [0.2, 0.25) is 0 Å². The lowest BCUT2D eigenvalue weighted by Crippen LogP contribution is -1.98. The normalized spacial score (nSPS) is 12.0. The summed E-state index contributed by atoms with van der Waals surface area (Å²) in [6.07, 6.45) is 0. The molecule has 0 unspecified atom stereocenters. The van der Waals surface area contributed by atoms with Crippen molar-refractivity contribution in [3.63, 3.8) is 0 Å². The van der Waals surface area contributed by atoms with Crippen LogP contribution in [-0.4, -0.2) is 9.13 Å². The average molecular weight is 591 g/mol.